The first kappa shape index (κ1) is 14.5. The van der Waals surface area contributed by atoms with Gasteiger partial charge in [-0.1, -0.05) is 36.9 Å². The molecule has 0 bridgehead atoms. The molecule has 1 aromatic carbocycles. The lowest BCUT2D eigenvalue weighted by molar-refractivity contribution is -0.113. The molecule has 0 aliphatic carbocycles. The lowest BCUT2D eigenvalue weighted by atomic mass is 10.1. The highest BCUT2D eigenvalue weighted by Gasteiger charge is 2.11. The van der Waals surface area contributed by atoms with Crippen LogP contribution in [0.1, 0.15) is 18.1 Å². The van der Waals surface area contributed by atoms with E-state index in [1.807, 2.05) is 25.1 Å². The number of tetrazole rings is 1. The fourth-order valence-electron chi connectivity index (χ4n) is 1.85. The smallest absolute Gasteiger partial charge is 0.234 e. The lowest BCUT2D eigenvalue weighted by Crippen LogP contribution is -2.16. The Morgan fingerprint density at radius 3 is 2.90 bits per heavy atom. The maximum Gasteiger partial charge on any atom is 0.234 e. The van der Waals surface area contributed by atoms with Crippen LogP contribution in [0.3, 0.4) is 0 Å². The summed E-state index contributed by atoms with van der Waals surface area (Å²) in [5.41, 5.74) is 3.13. The first-order valence-electron chi connectivity index (χ1n) is 6.35. The van der Waals surface area contributed by atoms with Gasteiger partial charge in [0.1, 0.15) is 0 Å². The van der Waals surface area contributed by atoms with Gasteiger partial charge in [-0.2, -0.15) is 0 Å². The van der Waals surface area contributed by atoms with Gasteiger partial charge in [0.15, 0.2) is 0 Å². The molecule has 1 amide bonds. The van der Waals surface area contributed by atoms with Gasteiger partial charge in [0.2, 0.25) is 11.1 Å². The summed E-state index contributed by atoms with van der Waals surface area (Å²) in [6.07, 6.45) is 0.887. The average Bonchev–Trinajstić information content (AvgIpc) is 2.84. The molecule has 7 heteroatoms. The number of hydrogen-bond acceptors (Lipinski definition) is 5. The second kappa shape index (κ2) is 6.51. The predicted molar refractivity (Wildman–Crippen MR) is 78.7 cm³/mol. The van der Waals surface area contributed by atoms with Gasteiger partial charge in [-0.25, -0.2) is 4.68 Å². The Morgan fingerprint density at radius 1 is 1.45 bits per heavy atom. The third-order valence-corrected chi connectivity index (χ3v) is 3.93. The number of anilines is 1. The number of carbonyl (C=O) groups is 1. The summed E-state index contributed by atoms with van der Waals surface area (Å²) in [5.74, 6) is 0.230. The number of hydrogen-bond donors (Lipinski definition) is 1. The molecule has 0 aliphatic heterocycles. The normalized spacial score (nSPS) is 10.6. The van der Waals surface area contributed by atoms with Crippen molar-refractivity contribution in [1.82, 2.24) is 20.2 Å². The van der Waals surface area contributed by atoms with Crippen molar-refractivity contribution in [2.24, 2.45) is 7.05 Å². The lowest BCUT2D eigenvalue weighted by Gasteiger charge is -2.12. The van der Waals surface area contributed by atoms with Gasteiger partial charge < -0.3 is 5.32 Å². The zero-order valence-corrected chi connectivity index (χ0v) is 12.6. The fourth-order valence-corrected chi connectivity index (χ4v) is 2.50. The van der Waals surface area contributed by atoms with Crippen LogP contribution >= 0.6 is 11.8 Å². The van der Waals surface area contributed by atoms with Crippen LogP contribution in [-0.4, -0.2) is 31.9 Å². The Labute approximate surface area is 121 Å². The largest absolute Gasteiger partial charge is 0.325 e. The monoisotopic (exact) mass is 291 g/mol. The number of amides is 1. The fraction of sp³-hybridized carbons (Fsp3) is 0.385. The Morgan fingerprint density at radius 2 is 2.25 bits per heavy atom. The minimum absolute atomic E-state index is 0.0537. The van der Waals surface area contributed by atoms with Crippen molar-refractivity contribution >= 4 is 23.4 Å². The molecular weight excluding hydrogens is 274 g/mol. The van der Waals surface area contributed by atoms with Crippen molar-refractivity contribution in [2.45, 2.75) is 25.4 Å². The molecule has 0 saturated carbocycles. The number of para-hydroxylation sites is 1. The molecule has 2 rings (SSSR count). The van der Waals surface area contributed by atoms with Crippen molar-refractivity contribution in [3.05, 3.63) is 29.3 Å². The summed E-state index contributed by atoms with van der Waals surface area (Å²) in [6, 6.07) is 6.03. The van der Waals surface area contributed by atoms with E-state index in [1.54, 1.807) is 11.7 Å². The quantitative estimate of drug-likeness (QED) is 0.851. The van der Waals surface area contributed by atoms with Gasteiger partial charge in [0.25, 0.3) is 0 Å². The Balaban J connectivity index is 2.00. The van der Waals surface area contributed by atoms with E-state index < -0.39 is 0 Å². The number of carbonyl (C=O) groups excluding carboxylic acids is 1. The Bertz CT molecular complexity index is 611. The topological polar surface area (TPSA) is 72.7 Å². The highest BCUT2D eigenvalue weighted by Crippen LogP contribution is 2.21. The first-order valence-corrected chi connectivity index (χ1v) is 7.34. The Hall–Kier alpha value is -1.89. The number of aryl methyl sites for hydroxylation is 3. The van der Waals surface area contributed by atoms with Crippen LogP contribution in [0, 0.1) is 6.92 Å². The molecule has 0 atom stereocenters. The van der Waals surface area contributed by atoms with Gasteiger partial charge in [-0.05, 0) is 34.9 Å². The predicted octanol–water partition coefficient (Wildman–Crippen LogP) is 1.81. The molecule has 0 aliphatic rings. The van der Waals surface area contributed by atoms with E-state index in [-0.39, 0.29) is 11.7 Å². The average molecular weight is 291 g/mol. The van der Waals surface area contributed by atoms with Gasteiger partial charge in [0, 0.05) is 12.7 Å². The summed E-state index contributed by atoms with van der Waals surface area (Å²) in [5, 5.41) is 14.7. The number of thioether (sulfide) groups is 1. The van der Waals surface area contributed by atoms with E-state index in [0.717, 1.165) is 23.2 Å². The molecule has 6 nitrogen and oxygen atoms in total. The SMILES string of the molecule is CCc1cccc(C)c1NC(=O)CSc1nnnn1C. The molecule has 0 fully saturated rings. The number of nitrogens with one attached hydrogen (secondary N) is 1. The van der Waals surface area contributed by atoms with E-state index in [2.05, 4.69) is 27.8 Å². The van der Waals surface area contributed by atoms with Gasteiger partial charge in [0.05, 0.1) is 5.75 Å². The van der Waals surface area contributed by atoms with Gasteiger partial charge >= 0.3 is 0 Å². The van der Waals surface area contributed by atoms with Gasteiger partial charge in [-0.3, -0.25) is 4.79 Å². The molecule has 0 unspecified atom stereocenters. The van der Waals surface area contributed by atoms with Crippen molar-refractivity contribution in [1.29, 1.82) is 0 Å². The third kappa shape index (κ3) is 3.36. The van der Waals surface area contributed by atoms with Crippen LogP contribution in [-0.2, 0) is 18.3 Å². The molecule has 1 N–H and O–H groups in total. The zero-order valence-electron chi connectivity index (χ0n) is 11.8. The molecule has 0 saturated heterocycles. The van der Waals surface area contributed by atoms with Crippen LogP contribution in [0.5, 0.6) is 0 Å². The zero-order chi connectivity index (χ0) is 14.5. The standard InChI is InChI=1S/C13H17N5OS/c1-4-10-7-5-6-9(2)12(10)14-11(19)8-20-13-15-16-17-18(13)3/h5-7H,4,8H2,1-3H3,(H,14,19). The van der Waals surface area contributed by atoms with Crippen molar-refractivity contribution < 1.29 is 4.79 Å². The summed E-state index contributed by atoms with van der Waals surface area (Å²) < 4.78 is 1.54. The van der Waals surface area contributed by atoms with E-state index in [1.165, 1.54) is 11.8 Å². The minimum Gasteiger partial charge on any atom is -0.325 e. The van der Waals surface area contributed by atoms with Crippen molar-refractivity contribution in [2.75, 3.05) is 11.1 Å². The van der Waals surface area contributed by atoms with E-state index in [9.17, 15) is 4.79 Å². The van der Waals surface area contributed by atoms with Crippen LogP contribution < -0.4 is 5.32 Å². The van der Waals surface area contributed by atoms with Gasteiger partial charge in [-0.15, -0.1) is 5.10 Å². The molecule has 2 aromatic rings. The van der Waals surface area contributed by atoms with E-state index in [0.29, 0.717) is 5.16 Å². The summed E-state index contributed by atoms with van der Waals surface area (Å²) in [4.78, 5) is 12.0. The number of nitrogens with zero attached hydrogens (tertiary/aromatic N) is 4. The van der Waals surface area contributed by atoms with Crippen LogP contribution in [0.2, 0.25) is 0 Å². The second-order valence-electron chi connectivity index (χ2n) is 4.38. The van der Waals surface area contributed by atoms with E-state index >= 15 is 0 Å². The first-order chi connectivity index (χ1) is 9.61. The molecule has 1 aromatic heterocycles. The number of benzene rings is 1. The molecule has 20 heavy (non-hydrogen) atoms. The molecule has 0 spiro atoms. The maximum absolute atomic E-state index is 12.0. The second-order valence-corrected chi connectivity index (χ2v) is 5.33. The highest BCUT2D eigenvalue weighted by molar-refractivity contribution is 7.99. The number of rotatable bonds is 5. The maximum atomic E-state index is 12.0. The summed E-state index contributed by atoms with van der Waals surface area (Å²) in [7, 11) is 1.75. The third-order valence-electron chi connectivity index (χ3n) is 2.92. The van der Waals surface area contributed by atoms with Crippen LogP contribution in [0.4, 0.5) is 5.69 Å². The molecule has 0 radical (unpaired) electrons. The molecule has 1 heterocycles. The summed E-state index contributed by atoms with van der Waals surface area (Å²) in [6.45, 7) is 4.07. The summed E-state index contributed by atoms with van der Waals surface area (Å²) >= 11 is 1.32. The molecule has 106 valence electrons. The minimum atomic E-state index is -0.0537. The van der Waals surface area contributed by atoms with Crippen LogP contribution in [0.25, 0.3) is 0 Å². The number of aromatic nitrogens is 4. The van der Waals surface area contributed by atoms with Crippen molar-refractivity contribution in [3.63, 3.8) is 0 Å². The Kier molecular flexibility index (Phi) is 4.73. The molecular formula is C13H17N5OS. The van der Waals surface area contributed by atoms with E-state index in [4.69, 9.17) is 0 Å². The highest BCUT2D eigenvalue weighted by atomic mass is 32.2. The van der Waals surface area contributed by atoms with Crippen LogP contribution in [0.15, 0.2) is 23.4 Å². The van der Waals surface area contributed by atoms with Crippen molar-refractivity contribution in [3.8, 4) is 0 Å².